The molecular weight excluding hydrogens is 536 g/mol. The van der Waals surface area contributed by atoms with E-state index in [-0.39, 0.29) is 11.8 Å². The van der Waals surface area contributed by atoms with E-state index in [0.717, 1.165) is 16.6 Å². The van der Waals surface area contributed by atoms with Gasteiger partial charge in [-0.1, -0.05) is 45.1 Å². The first kappa shape index (κ1) is 32.2. The predicted molar refractivity (Wildman–Crippen MR) is 159 cm³/mol. The Bertz CT molecular complexity index is 1430. The van der Waals surface area contributed by atoms with Crippen molar-refractivity contribution in [2.75, 3.05) is 6.54 Å². The number of hydrogen-bond donors (Lipinski definition) is 4. The molecule has 3 atom stereocenters. The van der Waals surface area contributed by atoms with Gasteiger partial charge in [-0.3, -0.25) is 29.2 Å². The summed E-state index contributed by atoms with van der Waals surface area (Å²) < 4.78 is 0. The first-order chi connectivity index (χ1) is 19.8. The zero-order chi connectivity index (χ0) is 31.2. The molecule has 1 fully saturated rings. The van der Waals surface area contributed by atoms with Gasteiger partial charge in [0.1, 0.15) is 18.1 Å². The maximum absolute atomic E-state index is 13.3. The topological polar surface area (TPSA) is 165 Å². The number of carbonyl (C=O) groups is 4. The van der Waals surface area contributed by atoms with Gasteiger partial charge in [0.2, 0.25) is 11.8 Å². The molecule has 1 saturated heterocycles. The smallest absolute Gasteiger partial charge is 0.322 e. The third-order valence-electron chi connectivity index (χ3n) is 7.36. The van der Waals surface area contributed by atoms with Gasteiger partial charge < -0.3 is 15.7 Å². The second kappa shape index (κ2) is 13.6. The quantitative estimate of drug-likeness (QED) is 0.335. The van der Waals surface area contributed by atoms with E-state index in [4.69, 9.17) is 0 Å². The van der Waals surface area contributed by atoms with Crippen molar-refractivity contribution in [1.82, 2.24) is 26.1 Å². The highest BCUT2D eigenvalue weighted by Crippen LogP contribution is 2.24. The molecule has 0 radical (unpaired) electrons. The number of nitriles is 1. The van der Waals surface area contributed by atoms with Crippen LogP contribution in [0.4, 0.5) is 0 Å². The highest BCUT2D eigenvalue weighted by Gasteiger charge is 2.34. The van der Waals surface area contributed by atoms with E-state index in [1.807, 2.05) is 31.2 Å². The zero-order valence-electron chi connectivity index (χ0n) is 25.0. The van der Waals surface area contributed by atoms with Gasteiger partial charge in [-0.2, -0.15) is 5.26 Å². The molecule has 1 aromatic carbocycles. The first-order valence-electron chi connectivity index (χ1n) is 14.2. The highest BCUT2D eigenvalue weighted by atomic mass is 16.4. The lowest BCUT2D eigenvalue weighted by Crippen LogP contribution is -2.61. The van der Waals surface area contributed by atoms with Gasteiger partial charge in [0, 0.05) is 17.6 Å². The number of amides is 3. The fourth-order valence-electron chi connectivity index (χ4n) is 4.64. The number of carboxylic acid groups (broad SMARTS) is 1. The van der Waals surface area contributed by atoms with Crippen LogP contribution in [0, 0.1) is 22.7 Å². The van der Waals surface area contributed by atoms with E-state index >= 15 is 0 Å². The molecule has 224 valence electrons. The molecule has 0 aliphatic carbocycles. The molecule has 3 unspecified atom stereocenters. The lowest BCUT2D eigenvalue weighted by atomic mass is 9.89. The van der Waals surface area contributed by atoms with E-state index in [0.29, 0.717) is 36.9 Å². The molecule has 1 aromatic heterocycles. The number of nitrogens with zero attached hydrogens (tertiary/aromatic N) is 3. The van der Waals surface area contributed by atoms with Gasteiger partial charge in [0.25, 0.3) is 5.91 Å². The molecular formula is C31H40N6O5. The minimum atomic E-state index is -1.04. The second-order valence-corrected chi connectivity index (χ2v) is 11.5. The van der Waals surface area contributed by atoms with E-state index in [9.17, 15) is 29.5 Å². The minimum Gasteiger partial charge on any atom is -0.480 e. The van der Waals surface area contributed by atoms with Crippen molar-refractivity contribution in [3.63, 3.8) is 0 Å². The van der Waals surface area contributed by atoms with Crippen LogP contribution < -0.4 is 16.1 Å². The Labute approximate surface area is 246 Å². The molecule has 2 heterocycles. The lowest BCUT2D eigenvalue weighted by molar-refractivity contribution is -0.148. The molecule has 0 spiro atoms. The summed E-state index contributed by atoms with van der Waals surface area (Å²) in [6.07, 6.45) is 5.20. The number of hydrazine groups is 1. The Morgan fingerprint density at radius 1 is 1.21 bits per heavy atom. The van der Waals surface area contributed by atoms with Crippen LogP contribution in [-0.4, -0.2) is 63.5 Å². The molecule has 0 bridgehead atoms. The monoisotopic (exact) mass is 576 g/mol. The number of benzene rings is 1. The minimum absolute atomic E-state index is 0.269. The first-order valence-corrected chi connectivity index (χ1v) is 14.2. The van der Waals surface area contributed by atoms with Crippen LogP contribution >= 0.6 is 0 Å². The highest BCUT2D eigenvalue weighted by molar-refractivity contribution is 5.94. The lowest BCUT2D eigenvalue weighted by Gasteiger charge is -2.34. The SMILES string of the molecule is CCc1cc(C#N)c2ccc(/C=C/C(C)(C)C(=O)NC(C(=O)NC(C)C(=O)N3CCCC(C(=O)O)N3)C(C)C)cc2n1. The van der Waals surface area contributed by atoms with Crippen LogP contribution in [0.25, 0.3) is 17.0 Å². The number of carboxylic acids is 1. The summed E-state index contributed by atoms with van der Waals surface area (Å²) >= 11 is 0. The number of fused-ring (bicyclic) bond motifs is 1. The normalized spacial score (nSPS) is 17.1. The van der Waals surface area contributed by atoms with Gasteiger partial charge in [-0.25, -0.2) is 5.43 Å². The summed E-state index contributed by atoms with van der Waals surface area (Å²) in [6.45, 7) is 10.9. The van der Waals surface area contributed by atoms with Crippen molar-refractivity contribution in [2.45, 2.75) is 78.9 Å². The van der Waals surface area contributed by atoms with Crippen molar-refractivity contribution < 1.29 is 24.3 Å². The maximum atomic E-state index is 13.3. The van der Waals surface area contributed by atoms with Crippen molar-refractivity contribution >= 4 is 40.7 Å². The van der Waals surface area contributed by atoms with E-state index < -0.39 is 41.3 Å². The molecule has 42 heavy (non-hydrogen) atoms. The average Bonchev–Trinajstić information content (AvgIpc) is 2.97. The molecule has 1 aliphatic rings. The van der Waals surface area contributed by atoms with E-state index in [1.54, 1.807) is 39.8 Å². The molecule has 11 heteroatoms. The summed E-state index contributed by atoms with van der Waals surface area (Å²) in [6, 6.07) is 6.90. The molecule has 0 saturated carbocycles. The molecule has 11 nitrogen and oxygen atoms in total. The number of hydrogen-bond acceptors (Lipinski definition) is 7. The zero-order valence-corrected chi connectivity index (χ0v) is 25.0. The largest absolute Gasteiger partial charge is 0.480 e. The Balaban J connectivity index is 1.69. The number of aryl methyl sites for hydroxylation is 1. The average molecular weight is 577 g/mol. The third kappa shape index (κ3) is 7.70. The summed E-state index contributed by atoms with van der Waals surface area (Å²) in [5.41, 5.74) is 4.62. The number of nitrogens with one attached hydrogen (secondary N) is 3. The standard InChI is InChI=1S/C31H40N6O5/c1-7-22-16-21(17-32)23-11-10-20(15-25(23)34-22)12-13-31(5,6)30(42)35-26(18(2)3)27(38)33-19(4)28(39)37-14-8-9-24(36-37)29(40)41/h10-13,15-16,18-19,24,26,36H,7-9,14H2,1-6H3,(H,33,38)(H,35,42)(H,40,41)/b13-12+. The van der Waals surface area contributed by atoms with Crippen LogP contribution in [0.3, 0.4) is 0 Å². The Morgan fingerprint density at radius 2 is 1.93 bits per heavy atom. The molecule has 1 aliphatic heterocycles. The fourth-order valence-corrected chi connectivity index (χ4v) is 4.64. The van der Waals surface area contributed by atoms with Gasteiger partial charge >= 0.3 is 5.97 Å². The second-order valence-electron chi connectivity index (χ2n) is 11.5. The summed E-state index contributed by atoms with van der Waals surface area (Å²) in [5.74, 6) is -2.64. The fraction of sp³-hybridized carbons (Fsp3) is 0.484. The number of aromatic nitrogens is 1. The van der Waals surface area contributed by atoms with Crippen LogP contribution in [-0.2, 0) is 25.6 Å². The molecule has 4 N–H and O–H groups in total. The van der Waals surface area contributed by atoms with E-state index in [2.05, 4.69) is 27.1 Å². The van der Waals surface area contributed by atoms with Crippen molar-refractivity contribution in [3.05, 3.63) is 47.2 Å². The molecule has 3 rings (SSSR count). The van der Waals surface area contributed by atoms with Gasteiger partial charge in [0.05, 0.1) is 22.6 Å². The van der Waals surface area contributed by atoms with Crippen LogP contribution in [0.15, 0.2) is 30.3 Å². The maximum Gasteiger partial charge on any atom is 0.322 e. The number of pyridine rings is 1. The van der Waals surface area contributed by atoms with Crippen LogP contribution in [0.5, 0.6) is 0 Å². The Morgan fingerprint density at radius 3 is 2.55 bits per heavy atom. The third-order valence-corrected chi connectivity index (χ3v) is 7.36. The van der Waals surface area contributed by atoms with Gasteiger partial charge in [-0.15, -0.1) is 0 Å². The molecule has 2 aromatic rings. The molecule has 3 amide bonds. The predicted octanol–water partition coefficient (Wildman–Crippen LogP) is 2.93. The number of carbonyl (C=O) groups excluding carboxylic acids is 3. The van der Waals surface area contributed by atoms with E-state index in [1.165, 1.54) is 11.9 Å². The van der Waals surface area contributed by atoms with Gasteiger partial charge in [0.15, 0.2) is 0 Å². The van der Waals surface area contributed by atoms with Gasteiger partial charge in [-0.05, 0) is 63.6 Å². The van der Waals surface area contributed by atoms with Crippen LogP contribution in [0.2, 0.25) is 0 Å². The summed E-state index contributed by atoms with van der Waals surface area (Å²) in [4.78, 5) is 55.3. The number of rotatable bonds is 10. The summed E-state index contributed by atoms with van der Waals surface area (Å²) in [7, 11) is 0. The Hall–Kier alpha value is -4.30. The van der Waals surface area contributed by atoms with Crippen molar-refractivity contribution in [3.8, 4) is 6.07 Å². The van der Waals surface area contributed by atoms with Crippen molar-refractivity contribution in [2.24, 2.45) is 11.3 Å². The number of aliphatic carboxylic acids is 1. The summed E-state index contributed by atoms with van der Waals surface area (Å²) in [5, 5.41) is 26.3. The Kier molecular flexibility index (Phi) is 10.4. The van der Waals surface area contributed by atoms with Crippen LogP contribution in [0.1, 0.15) is 71.2 Å². The van der Waals surface area contributed by atoms with Crippen molar-refractivity contribution in [1.29, 1.82) is 5.26 Å².